The predicted octanol–water partition coefficient (Wildman–Crippen LogP) is 5.77. The molecule has 0 heterocycles. The van der Waals surface area contributed by atoms with Gasteiger partial charge in [-0.3, -0.25) is 0 Å². The zero-order chi connectivity index (χ0) is 15.8. The summed E-state index contributed by atoms with van der Waals surface area (Å²) in [5, 5.41) is 0. The van der Waals surface area contributed by atoms with Crippen LogP contribution >= 0.6 is 15.9 Å². The molecular formula is C19H23BrO2. The van der Waals surface area contributed by atoms with Crippen molar-refractivity contribution in [1.82, 2.24) is 0 Å². The van der Waals surface area contributed by atoms with E-state index in [1.165, 1.54) is 5.56 Å². The lowest BCUT2D eigenvalue weighted by Gasteiger charge is -2.15. The van der Waals surface area contributed by atoms with Gasteiger partial charge in [-0.05, 0) is 46.0 Å². The molecule has 0 bridgehead atoms. The summed E-state index contributed by atoms with van der Waals surface area (Å²) in [6.07, 6.45) is 3.15. The van der Waals surface area contributed by atoms with E-state index in [9.17, 15) is 0 Å². The Balaban J connectivity index is 2.10. The maximum atomic E-state index is 5.94. The van der Waals surface area contributed by atoms with Gasteiger partial charge in [-0.25, -0.2) is 0 Å². The molecule has 0 spiro atoms. The molecular weight excluding hydrogens is 340 g/mol. The third-order valence-corrected chi connectivity index (χ3v) is 4.11. The molecule has 2 rings (SSSR count). The summed E-state index contributed by atoms with van der Waals surface area (Å²) in [4.78, 5) is 0. The van der Waals surface area contributed by atoms with E-state index in [-0.39, 0.29) is 0 Å². The smallest absolute Gasteiger partial charge is 0.137 e. The van der Waals surface area contributed by atoms with Crippen LogP contribution in [0, 0.1) is 0 Å². The van der Waals surface area contributed by atoms with Gasteiger partial charge in [0.05, 0.1) is 11.1 Å². The average Bonchev–Trinajstić information content (AvgIpc) is 2.55. The predicted molar refractivity (Wildman–Crippen MR) is 94.7 cm³/mol. The molecule has 118 valence electrons. The number of ether oxygens (including phenoxy) is 2. The van der Waals surface area contributed by atoms with E-state index in [4.69, 9.17) is 9.47 Å². The van der Waals surface area contributed by atoms with Gasteiger partial charge in [-0.15, -0.1) is 0 Å². The number of hydrogen-bond acceptors (Lipinski definition) is 2. The highest BCUT2D eigenvalue weighted by molar-refractivity contribution is 9.10. The fourth-order valence-electron chi connectivity index (χ4n) is 2.16. The van der Waals surface area contributed by atoms with Crippen LogP contribution in [0.2, 0.25) is 0 Å². The fourth-order valence-corrected chi connectivity index (χ4v) is 2.66. The molecule has 0 fully saturated rings. The van der Waals surface area contributed by atoms with Crippen LogP contribution in [0.5, 0.6) is 11.5 Å². The first-order chi connectivity index (χ1) is 10.7. The molecule has 0 radical (unpaired) electrons. The number of rotatable bonds is 8. The van der Waals surface area contributed by atoms with Crippen molar-refractivity contribution in [1.29, 1.82) is 0 Å². The first-order valence-corrected chi connectivity index (χ1v) is 8.65. The van der Waals surface area contributed by atoms with Crippen LogP contribution in [-0.4, -0.2) is 6.61 Å². The topological polar surface area (TPSA) is 18.5 Å². The molecule has 2 aromatic rings. The van der Waals surface area contributed by atoms with Crippen molar-refractivity contribution >= 4 is 15.9 Å². The van der Waals surface area contributed by atoms with Crippen LogP contribution in [0.1, 0.15) is 37.8 Å². The van der Waals surface area contributed by atoms with Gasteiger partial charge in [-0.2, -0.15) is 0 Å². The van der Waals surface area contributed by atoms with Crippen LogP contribution in [0.25, 0.3) is 0 Å². The minimum absolute atomic E-state index is 0.555. The Morgan fingerprint density at radius 2 is 1.73 bits per heavy atom. The summed E-state index contributed by atoms with van der Waals surface area (Å²) in [5.41, 5.74) is 2.36. The minimum atomic E-state index is 0.555. The van der Waals surface area contributed by atoms with Crippen molar-refractivity contribution in [2.24, 2.45) is 0 Å². The minimum Gasteiger partial charge on any atom is -0.493 e. The van der Waals surface area contributed by atoms with Gasteiger partial charge in [0, 0.05) is 6.07 Å². The average molecular weight is 363 g/mol. The van der Waals surface area contributed by atoms with Crippen molar-refractivity contribution in [3.63, 3.8) is 0 Å². The molecule has 0 N–H and O–H groups in total. The van der Waals surface area contributed by atoms with E-state index in [2.05, 4.69) is 48.0 Å². The maximum absolute atomic E-state index is 5.94. The van der Waals surface area contributed by atoms with Gasteiger partial charge < -0.3 is 9.47 Å². The van der Waals surface area contributed by atoms with Crippen molar-refractivity contribution in [2.45, 2.75) is 39.7 Å². The molecule has 22 heavy (non-hydrogen) atoms. The molecule has 0 amide bonds. The summed E-state index contributed by atoms with van der Waals surface area (Å²) in [5.74, 6) is 1.76. The van der Waals surface area contributed by atoms with Gasteiger partial charge in [0.15, 0.2) is 0 Å². The molecule has 2 nitrogen and oxygen atoms in total. The quantitative estimate of drug-likeness (QED) is 0.555. The van der Waals surface area contributed by atoms with E-state index in [0.717, 1.165) is 47.4 Å². The van der Waals surface area contributed by atoms with Crippen molar-refractivity contribution in [3.05, 3.63) is 58.1 Å². The molecule has 3 heteroatoms. The fraction of sp³-hybridized carbons (Fsp3) is 0.368. The van der Waals surface area contributed by atoms with Gasteiger partial charge in [-0.1, -0.05) is 50.6 Å². The van der Waals surface area contributed by atoms with Crippen LogP contribution in [-0.2, 0) is 13.0 Å². The second-order valence-corrected chi connectivity index (χ2v) is 6.07. The number of hydrogen-bond donors (Lipinski definition) is 0. The molecule has 0 saturated heterocycles. The molecule has 0 aromatic heterocycles. The monoisotopic (exact) mass is 362 g/mol. The Morgan fingerprint density at radius 1 is 0.955 bits per heavy atom. The summed E-state index contributed by atoms with van der Waals surface area (Å²) in [7, 11) is 0. The van der Waals surface area contributed by atoms with E-state index in [1.54, 1.807) is 0 Å². The van der Waals surface area contributed by atoms with E-state index in [1.807, 2.05) is 24.3 Å². The Bertz CT molecular complexity index is 581. The molecule has 2 aromatic carbocycles. The summed E-state index contributed by atoms with van der Waals surface area (Å²) in [6, 6.07) is 14.3. The SMILES string of the molecule is CCCCOc1cc(OCc2ccccc2)c(Br)cc1CC. The van der Waals surface area contributed by atoms with Crippen LogP contribution in [0.15, 0.2) is 46.9 Å². The van der Waals surface area contributed by atoms with Crippen LogP contribution < -0.4 is 9.47 Å². The first kappa shape index (κ1) is 16.9. The van der Waals surface area contributed by atoms with Crippen molar-refractivity contribution < 1.29 is 9.47 Å². The maximum Gasteiger partial charge on any atom is 0.137 e. The molecule has 0 atom stereocenters. The van der Waals surface area contributed by atoms with Crippen molar-refractivity contribution in [2.75, 3.05) is 6.61 Å². The number of benzene rings is 2. The van der Waals surface area contributed by atoms with Gasteiger partial charge in [0.1, 0.15) is 18.1 Å². The molecule has 0 aliphatic heterocycles. The molecule has 0 aliphatic carbocycles. The first-order valence-electron chi connectivity index (χ1n) is 7.86. The lowest BCUT2D eigenvalue weighted by Crippen LogP contribution is -2.02. The largest absolute Gasteiger partial charge is 0.493 e. The third-order valence-electron chi connectivity index (χ3n) is 3.49. The highest BCUT2D eigenvalue weighted by Gasteiger charge is 2.10. The standard InChI is InChI=1S/C19H23BrO2/c1-3-5-11-21-18-13-19(17(20)12-16(18)4-2)22-14-15-9-7-6-8-10-15/h6-10,12-13H,3-5,11,14H2,1-2H3. The second kappa shape index (κ2) is 8.84. The van der Waals surface area contributed by atoms with Gasteiger partial charge in [0.25, 0.3) is 0 Å². The van der Waals surface area contributed by atoms with E-state index >= 15 is 0 Å². The van der Waals surface area contributed by atoms with E-state index < -0.39 is 0 Å². The van der Waals surface area contributed by atoms with Gasteiger partial charge in [0.2, 0.25) is 0 Å². The summed E-state index contributed by atoms with van der Waals surface area (Å²) in [6.45, 7) is 5.61. The van der Waals surface area contributed by atoms with Gasteiger partial charge >= 0.3 is 0 Å². The Kier molecular flexibility index (Phi) is 6.78. The van der Waals surface area contributed by atoms with E-state index in [0.29, 0.717) is 6.61 Å². The zero-order valence-corrected chi connectivity index (χ0v) is 14.9. The van der Waals surface area contributed by atoms with Crippen LogP contribution in [0.4, 0.5) is 0 Å². The number of halogens is 1. The lowest BCUT2D eigenvalue weighted by molar-refractivity contribution is 0.289. The summed E-state index contributed by atoms with van der Waals surface area (Å²) >= 11 is 3.60. The zero-order valence-electron chi connectivity index (χ0n) is 13.3. The Morgan fingerprint density at radius 3 is 2.41 bits per heavy atom. The lowest BCUT2D eigenvalue weighted by atomic mass is 10.1. The third kappa shape index (κ3) is 4.77. The Labute approximate surface area is 141 Å². The molecule has 0 unspecified atom stereocenters. The highest BCUT2D eigenvalue weighted by atomic mass is 79.9. The summed E-state index contributed by atoms with van der Waals surface area (Å²) < 4.78 is 12.8. The van der Waals surface area contributed by atoms with Crippen LogP contribution in [0.3, 0.4) is 0 Å². The number of aryl methyl sites for hydroxylation is 1. The highest BCUT2D eigenvalue weighted by Crippen LogP contribution is 2.34. The number of unbranched alkanes of at least 4 members (excludes halogenated alkanes) is 1. The molecule has 0 aliphatic rings. The Hall–Kier alpha value is -1.48. The van der Waals surface area contributed by atoms with Crippen molar-refractivity contribution in [3.8, 4) is 11.5 Å². The second-order valence-electron chi connectivity index (χ2n) is 5.22. The normalized spacial score (nSPS) is 10.5. The molecule has 0 saturated carbocycles.